The largest absolute Gasteiger partial charge is 0.398 e. The summed E-state index contributed by atoms with van der Waals surface area (Å²) >= 11 is 0. The van der Waals surface area contributed by atoms with E-state index >= 15 is 0 Å². The number of nitrogens with two attached hydrogens (primary N) is 1. The van der Waals surface area contributed by atoms with Gasteiger partial charge in [0, 0.05) is 18.3 Å². The van der Waals surface area contributed by atoms with Crippen molar-refractivity contribution in [2.75, 3.05) is 12.8 Å². The Morgan fingerprint density at radius 1 is 1.36 bits per heavy atom. The van der Waals surface area contributed by atoms with Gasteiger partial charge in [-0.25, -0.2) is 0 Å². The fourth-order valence-electron chi connectivity index (χ4n) is 1.32. The number of anilines is 1. The van der Waals surface area contributed by atoms with Gasteiger partial charge >= 0.3 is 0 Å². The van der Waals surface area contributed by atoms with Crippen molar-refractivity contribution in [3.63, 3.8) is 0 Å². The minimum Gasteiger partial charge on any atom is -0.398 e. The topological polar surface area (TPSA) is 29.3 Å². The van der Waals surface area contributed by atoms with Gasteiger partial charge < -0.3 is 5.73 Å². The van der Waals surface area contributed by atoms with Crippen molar-refractivity contribution in [2.45, 2.75) is 33.4 Å². The molecule has 14 heavy (non-hydrogen) atoms. The molecular weight excluding hydrogens is 172 g/mol. The summed E-state index contributed by atoms with van der Waals surface area (Å²) in [7, 11) is 2.12. The van der Waals surface area contributed by atoms with Crippen LogP contribution in [-0.2, 0) is 6.54 Å². The van der Waals surface area contributed by atoms with Crippen molar-refractivity contribution in [3.05, 3.63) is 29.3 Å². The van der Waals surface area contributed by atoms with Gasteiger partial charge in [-0.3, -0.25) is 4.90 Å². The Bertz CT molecular complexity index is 305. The van der Waals surface area contributed by atoms with Gasteiger partial charge in [-0.15, -0.1) is 0 Å². The first kappa shape index (κ1) is 11.1. The van der Waals surface area contributed by atoms with Gasteiger partial charge in [-0.05, 0) is 39.4 Å². The van der Waals surface area contributed by atoms with Crippen molar-refractivity contribution in [3.8, 4) is 0 Å². The number of aryl methyl sites for hydroxylation is 1. The van der Waals surface area contributed by atoms with Gasteiger partial charge in [-0.2, -0.15) is 0 Å². The van der Waals surface area contributed by atoms with Crippen LogP contribution < -0.4 is 5.73 Å². The van der Waals surface area contributed by atoms with E-state index in [1.807, 2.05) is 12.1 Å². The van der Waals surface area contributed by atoms with Crippen LogP contribution in [0, 0.1) is 6.92 Å². The van der Waals surface area contributed by atoms with Crippen LogP contribution in [-0.4, -0.2) is 18.0 Å². The first-order chi connectivity index (χ1) is 6.50. The lowest BCUT2D eigenvalue weighted by atomic mass is 10.1. The summed E-state index contributed by atoms with van der Waals surface area (Å²) in [6.45, 7) is 7.39. The summed E-state index contributed by atoms with van der Waals surface area (Å²) in [6.07, 6.45) is 0. The number of nitrogens with zero attached hydrogens (tertiary/aromatic N) is 1. The number of benzene rings is 1. The van der Waals surface area contributed by atoms with Crippen molar-refractivity contribution < 1.29 is 0 Å². The van der Waals surface area contributed by atoms with Crippen LogP contribution in [0.4, 0.5) is 5.69 Å². The lowest BCUT2D eigenvalue weighted by Crippen LogP contribution is -2.26. The Balaban J connectivity index is 2.80. The van der Waals surface area contributed by atoms with Gasteiger partial charge in [0.15, 0.2) is 0 Å². The van der Waals surface area contributed by atoms with E-state index in [9.17, 15) is 0 Å². The molecule has 0 radical (unpaired) electrons. The lowest BCUT2D eigenvalue weighted by molar-refractivity contribution is 0.266. The molecule has 0 unspecified atom stereocenters. The predicted molar refractivity (Wildman–Crippen MR) is 62.2 cm³/mol. The monoisotopic (exact) mass is 192 g/mol. The summed E-state index contributed by atoms with van der Waals surface area (Å²) in [5, 5.41) is 0. The molecule has 0 aliphatic heterocycles. The van der Waals surface area contributed by atoms with Crippen molar-refractivity contribution >= 4 is 5.69 Å². The summed E-state index contributed by atoms with van der Waals surface area (Å²) in [5.41, 5.74) is 9.30. The maximum absolute atomic E-state index is 5.91. The molecule has 0 aliphatic carbocycles. The third-order valence-corrected chi connectivity index (χ3v) is 2.60. The average Bonchev–Trinajstić information content (AvgIpc) is 2.11. The normalized spacial score (nSPS) is 11.3. The molecule has 1 rings (SSSR count). The minimum atomic E-state index is 0.551. The molecule has 0 atom stereocenters. The van der Waals surface area contributed by atoms with Gasteiger partial charge in [0.25, 0.3) is 0 Å². The highest BCUT2D eigenvalue weighted by molar-refractivity contribution is 5.48. The van der Waals surface area contributed by atoms with E-state index in [1.165, 1.54) is 11.1 Å². The van der Waals surface area contributed by atoms with E-state index in [4.69, 9.17) is 5.73 Å². The summed E-state index contributed by atoms with van der Waals surface area (Å²) in [4.78, 5) is 2.28. The van der Waals surface area contributed by atoms with Crippen LogP contribution in [0.2, 0.25) is 0 Å². The number of hydrogen-bond acceptors (Lipinski definition) is 2. The Morgan fingerprint density at radius 2 is 2.00 bits per heavy atom. The van der Waals surface area contributed by atoms with Crippen LogP contribution in [0.3, 0.4) is 0 Å². The van der Waals surface area contributed by atoms with E-state index < -0.39 is 0 Å². The fraction of sp³-hybridized carbons (Fsp3) is 0.500. The molecule has 0 saturated heterocycles. The number of rotatable bonds is 3. The molecule has 2 N–H and O–H groups in total. The molecule has 2 heteroatoms. The fourth-order valence-corrected chi connectivity index (χ4v) is 1.32. The first-order valence-corrected chi connectivity index (χ1v) is 5.06. The molecule has 2 nitrogen and oxygen atoms in total. The standard InChI is InChI=1S/C12H20N2/c1-9(2)14(4)8-11-7-10(3)5-6-12(11)13/h5-7,9H,8,13H2,1-4H3. The van der Waals surface area contributed by atoms with E-state index in [0.717, 1.165) is 12.2 Å². The second kappa shape index (κ2) is 4.47. The highest BCUT2D eigenvalue weighted by Gasteiger charge is 2.06. The highest BCUT2D eigenvalue weighted by Crippen LogP contribution is 2.16. The molecule has 0 saturated carbocycles. The minimum absolute atomic E-state index is 0.551. The molecular formula is C12H20N2. The molecule has 78 valence electrons. The zero-order valence-electron chi connectivity index (χ0n) is 9.54. The summed E-state index contributed by atoms with van der Waals surface area (Å²) in [6, 6.07) is 6.75. The third-order valence-electron chi connectivity index (χ3n) is 2.60. The van der Waals surface area contributed by atoms with E-state index in [2.05, 4.69) is 38.8 Å². The Labute approximate surface area is 86.7 Å². The average molecular weight is 192 g/mol. The smallest absolute Gasteiger partial charge is 0.0359 e. The number of hydrogen-bond donors (Lipinski definition) is 1. The molecule has 0 amide bonds. The van der Waals surface area contributed by atoms with Crippen LogP contribution in [0.1, 0.15) is 25.0 Å². The van der Waals surface area contributed by atoms with Crippen LogP contribution in [0.15, 0.2) is 18.2 Å². The maximum Gasteiger partial charge on any atom is 0.0359 e. The molecule has 0 fully saturated rings. The van der Waals surface area contributed by atoms with Crippen LogP contribution in [0.25, 0.3) is 0 Å². The third kappa shape index (κ3) is 2.74. The zero-order chi connectivity index (χ0) is 10.7. The second-order valence-corrected chi connectivity index (χ2v) is 4.21. The lowest BCUT2D eigenvalue weighted by Gasteiger charge is -2.22. The SMILES string of the molecule is Cc1ccc(N)c(CN(C)C(C)C)c1. The molecule has 0 aliphatic rings. The quantitative estimate of drug-likeness (QED) is 0.745. The highest BCUT2D eigenvalue weighted by atomic mass is 15.1. The second-order valence-electron chi connectivity index (χ2n) is 4.21. The molecule has 0 aromatic heterocycles. The van der Waals surface area contributed by atoms with E-state index in [-0.39, 0.29) is 0 Å². The Kier molecular flexibility index (Phi) is 3.53. The van der Waals surface area contributed by atoms with Gasteiger partial charge in [0.2, 0.25) is 0 Å². The summed E-state index contributed by atoms with van der Waals surface area (Å²) < 4.78 is 0. The molecule has 0 heterocycles. The summed E-state index contributed by atoms with van der Waals surface area (Å²) in [5.74, 6) is 0. The van der Waals surface area contributed by atoms with Crippen molar-refractivity contribution in [1.82, 2.24) is 4.90 Å². The van der Waals surface area contributed by atoms with Gasteiger partial charge in [0.1, 0.15) is 0 Å². The van der Waals surface area contributed by atoms with Gasteiger partial charge in [0.05, 0.1) is 0 Å². The maximum atomic E-state index is 5.91. The Hall–Kier alpha value is -1.02. The van der Waals surface area contributed by atoms with E-state index in [0.29, 0.717) is 6.04 Å². The molecule has 0 spiro atoms. The first-order valence-electron chi connectivity index (χ1n) is 5.06. The number of nitrogen functional groups attached to an aromatic ring is 1. The zero-order valence-corrected chi connectivity index (χ0v) is 9.54. The van der Waals surface area contributed by atoms with Crippen LogP contribution in [0.5, 0.6) is 0 Å². The Morgan fingerprint density at radius 3 is 2.57 bits per heavy atom. The van der Waals surface area contributed by atoms with Crippen LogP contribution >= 0.6 is 0 Å². The van der Waals surface area contributed by atoms with Crippen molar-refractivity contribution in [1.29, 1.82) is 0 Å². The van der Waals surface area contributed by atoms with E-state index in [1.54, 1.807) is 0 Å². The molecule has 1 aromatic rings. The van der Waals surface area contributed by atoms with Gasteiger partial charge in [-0.1, -0.05) is 17.7 Å². The molecule has 0 bridgehead atoms. The van der Waals surface area contributed by atoms with Crippen molar-refractivity contribution in [2.24, 2.45) is 0 Å². The predicted octanol–water partition coefficient (Wildman–Crippen LogP) is 2.42. The molecule has 1 aromatic carbocycles.